The average molecular weight is 808 g/mol. The van der Waals surface area contributed by atoms with Crippen molar-refractivity contribution >= 4 is 17.9 Å². The van der Waals surface area contributed by atoms with Crippen molar-refractivity contribution in [2.75, 3.05) is 41.0 Å². The normalized spacial score (nSPS) is 12.9. The van der Waals surface area contributed by atoms with Crippen molar-refractivity contribution in [3.8, 4) is 0 Å². The highest BCUT2D eigenvalue weighted by molar-refractivity contribution is 5.70. The summed E-state index contributed by atoms with van der Waals surface area (Å²) in [7, 11) is 5.42. The average Bonchev–Trinajstić information content (AvgIpc) is 3.17. The van der Waals surface area contributed by atoms with E-state index in [9.17, 15) is 19.5 Å². The number of hydrogen-bond acceptors (Lipinski definition) is 7. The SMILES string of the molecule is CCCCCCCCC/C=C\CCCCCCCCCC(=O)OC(COCCC(C(=O)[O-])[N+](C)(C)C)COC(=O)CCCCCCCCCCCCCCCCC. The quantitative estimate of drug-likeness (QED) is 0.0261. The second-order valence-electron chi connectivity index (χ2n) is 17.7. The number of carbonyl (C=O) groups is 3. The minimum Gasteiger partial charge on any atom is -0.544 e. The number of aliphatic carboxylic acids is 1. The summed E-state index contributed by atoms with van der Waals surface area (Å²) < 4.78 is 17.2. The highest BCUT2D eigenvalue weighted by Crippen LogP contribution is 2.16. The van der Waals surface area contributed by atoms with Gasteiger partial charge in [-0.2, -0.15) is 0 Å². The number of nitrogens with zero attached hydrogens (tertiary/aromatic N) is 1. The van der Waals surface area contributed by atoms with Crippen LogP contribution in [0.4, 0.5) is 0 Å². The molecular formula is C49H93NO7. The van der Waals surface area contributed by atoms with Crippen LogP contribution in [0.1, 0.15) is 232 Å². The fourth-order valence-electron chi connectivity index (χ4n) is 7.36. The van der Waals surface area contributed by atoms with Crippen LogP contribution in [0.25, 0.3) is 0 Å². The van der Waals surface area contributed by atoms with Gasteiger partial charge in [0.05, 0.1) is 40.3 Å². The molecule has 0 fully saturated rings. The number of ether oxygens (including phenoxy) is 3. The van der Waals surface area contributed by atoms with Crippen LogP contribution < -0.4 is 5.11 Å². The molecule has 0 N–H and O–H groups in total. The van der Waals surface area contributed by atoms with Gasteiger partial charge in [0, 0.05) is 19.3 Å². The Morgan fingerprint density at radius 1 is 0.509 bits per heavy atom. The molecule has 0 aromatic rings. The molecule has 8 heteroatoms. The van der Waals surface area contributed by atoms with E-state index in [2.05, 4.69) is 26.0 Å². The second kappa shape index (κ2) is 40.8. The van der Waals surface area contributed by atoms with E-state index >= 15 is 0 Å². The van der Waals surface area contributed by atoms with Crippen LogP contribution in [0.5, 0.6) is 0 Å². The van der Waals surface area contributed by atoms with E-state index in [0.29, 0.717) is 12.8 Å². The molecule has 0 aliphatic carbocycles. The molecule has 0 heterocycles. The van der Waals surface area contributed by atoms with Gasteiger partial charge in [-0.05, 0) is 38.5 Å². The van der Waals surface area contributed by atoms with Crippen molar-refractivity contribution in [2.24, 2.45) is 0 Å². The van der Waals surface area contributed by atoms with Gasteiger partial charge in [-0.25, -0.2) is 0 Å². The number of rotatable bonds is 44. The highest BCUT2D eigenvalue weighted by Gasteiger charge is 2.25. The van der Waals surface area contributed by atoms with Crippen LogP contribution in [0.2, 0.25) is 0 Å². The van der Waals surface area contributed by atoms with Crippen molar-refractivity contribution < 1.29 is 38.2 Å². The van der Waals surface area contributed by atoms with Gasteiger partial charge in [0.25, 0.3) is 0 Å². The lowest BCUT2D eigenvalue weighted by molar-refractivity contribution is -0.889. The van der Waals surface area contributed by atoms with E-state index in [-0.39, 0.29) is 42.7 Å². The number of unbranched alkanes of at least 4 members (excludes halogenated alkanes) is 28. The van der Waals surface area contributed by atoms with Crippen LogP contribution in [-0.2, 0) is 28.6 Å². The summed E-state index contributed by atoms with van der Waals surface area (Å²) in [5.74, 6) is -1.72. The van der Waals surface area contributed by atoms with Gasteiger partial charge in [-0.15, -0.1) is 0 Å². The van der Waals surface area contributed by atoms with Crippen LogP contribution in [0.15, 0.2) is 12.2 Å². The standard InChI is InChI=1S/C49H93NO7/c1-6-8-10-12-14-16-18-20-22-23-24-26-28-30-32-34-36-38-40-48(52)57-45(43-55-42-41-46(49(53)54)50(3,4)5)44-56-47(51)39-37-35-33-31-29-27-25-21-19-17-15-13-11-9-7-2/h22-23,45-46H,6-21,24-44H2,1-5H3/b23-22-. The first-order valence-corrected chi connectivity index (χ1v) is 24.2. The Hall–Kier alpha value is -1.93. The lowest BCUT2D eigenvalue weighted by Gasteiger charge is -2.34. The van der Waals surface area contributed by atoms with E-state index in [4.69, 9.17) is 14.2 Å². The molecule has 2 atom stereocenters. The van der Waals surface area contributed by atoms with Crippen LogP contribution in [0.3, 0.4) is 0 Å². The van der Waals surface area contributed by atoms with E-state index in [0.717, 1.165) is 38.5 Å². The monoisotopic (exact) mass is 808 g/mol. The van der Waals surface area contributed by atoms with E-state index in [1.807, 2.05) is 0 Å². The fraction of sp³-hybridized carbons (Fsp3) is 0.898. The molecule has 57 heavy (non-hydrogen) atoms. The predicted molar refractivity (Wildman–Crippen MR) is 236 cm³/mol. The van der Waals surface area contributed by atoms with Crippen molar-refractivity contribution in [1.82, 2.24) is 0 Å². The Morgan fingerprint density at radius 3 is 1.26 bits per heavy atom. The van der Waals surface area contributed by atoms with Crippen LogP contribution in [-0.4, -0.2) is 75.5 Å². The number of hydrogen-bond donors (Lipinski definition) is 0. The molecule has 0 spiro atoms. The highest BCUT2D eigenvalue weighted by atomic mass is 16.6. The third kappa shape index (κ3) is 39.3. The molecule has 0 bridgehead atoms. The first-order chi connectivity index (χ1) is 27.6. The van der Waals surface area contributed by atoms with Gasteiger partial charge in [-0.1, -0.05) is 187 Å². The number of allylic oxidation sites excluding steroid dienone is 2. The maximum atomic E-state index is 12.7. The first kappa shape index (κ1) is 55.1. The molecule has 0 aliphatic heterocycles. The Morgan fingerprint density at radius 2 is 0.877 bits per heavy atom. The molecule has 0 rings (SSSR count). The largest absolute Gasteiger partial charge is 0.544 e. The summed E-state index contributed by atoms with van der Waals surface area (Å²) >= 11 is 0. The number of carboxylic acids is 1. The molecule has 0 aromatic carbocycles. The van der Waals surface area contributed by atoms with Crippen LogP contribution >= 0.6 is 0 Å². The summed E-state index contributed by atoms with van der Waals surface area (Å²) in [6, 6.07) is -0.722. The Labute approximate surface area is 352 Å². The number of quaternary nitrogens is 1. The van der Waals surface area contributed by atoms with Gasteiger partial charge in [-0.3, -0.25) is 9.59 Å². The summed E-state index contributed by atoms with van der Waals surface area (Å²) in [5.41, 5.74) is 0. The van der Waals surface area contributed by atoms with Gasteiger partial charge in [0.15, 0.2) is 6.10 Å². The zero-order chi connectivity index (χ0) is 42.1. The third-order valence-electron chi connectivity index (χ3n) is 11.2. The summed E-state index contributed by atoms with van der Waals surface area (Å²) in [6.45, 7) is 4.69. The Balaban J connectivity index is 4.26. The molecule has 336 valence electrons. The molecular weight excluding hydrogens is 715 g/mol. The van der Waals surface area contributed by atoms with E-state index < -0.39 is 18.1 Å². The van der Waals surface area contributed by atoms with Crippen molar-refractivity contribution in [2.45, 2.75) is 244 Å². The lowest BCUT2D eigenvalue weighted by Crippen LogP contribution is -2.55. The van der Waals surface area contributed by atoms with E-state index in [1.165, 1.54) is 161 Å². The van der Waals surface area contributed by atoms with E-state index in [1.54, 1.807) is 21.1 Å². The maximum Gasteiger partial charge on any atom is 0.306 e. The van der Waals surface area contributed by atoms with Crippen molar-refractivity contribution in [3.05, 3.63) is 12.2 Å². The van der Waals surface area contributed by atoms with Gasteiger partial charge in [0.2, 0.25) is 0 Å². The number of esters is 2. The maximum absolute atomic E-state index is 12.7. The minimum absolute atomic E-state index is 0.0448. The summed E-state index contributed by atoms with van der Waals surface area (Å²) in [5, 5.41) is 11.6. The van der Waals surface area contributed by atoms with Gasteiger partial charge < -0.3 is 28.6 Å². The summed E-state index contributed by atoms with van der Waals surface area (Å²) in [4.78, 5) is 36.9. The molecule has 0 saturated carbocycles. The van der Waals surface area contributed by atoms with Crippen molar-refractivity contribution in [3.63, 3.8) is 0 Å². The molecule has 0 aliphatic rings. The lowest BCUT2D eigenvalue weighted by atomic mass is 10.0. The van der Waals surface area contributed by atoms with Crippen LogP contribution in [0, 0.1) is 0 Å². The smallest absolute Gasteiger partial charge is 0.306 e. The minimum atomic E-state index is -1.12. The molecule has 0 amide bonds. The molecule has 2 unspecified atom stereocenters. The second-order valence-corrected chi connectivity index (χ2v) is 17.7. The summed E-state index contributed by atoms with van der Waals surface area (Å²) in [6.07, 6.45) is 43.7. The molecule has 0 aromatic heterocycles. The predicted octanol–water partition coefficient (Wildman–Crippen LogP) is 12.1. The molecule has 8 nitrogen and oxygen atoms in total. The van der Waals surface area contributed by atoms with Crippen molar-refractivity contribution in [1.29, 1.82) is 0 Å². The third-order valence-corrected chi connectivity index (χ3v) is 11.2. The molecule has 0 radical (unpaired) electrons. The van der Waals surface area contributed by atoms with Gasteiger partial charge >= 0.3 is 11.9 Å². The zero-order valence-electron chi connectivity index (χ0n) is 38.3. The number of carbonyl (C=O) groups excluding carboxylic acids is 3. The fourth-order valence-corrected chi connectivity index (χ4v) is 7.36. The van der Waals surface area contributed by atoms with Gasteiger partial charge in [0.1, 0.15) is 12.6 Å². The topological polar surface area (TPSA) is 102 Å². The zero-order valence-corrected chi connectivity index (χ0v) is 38.3. The molecule has 0 saturated heterocycles. The Bertz CT molecular complexity index is 947. The number of likely N-dealkylation sites (N-methyl/N-ethyl adjacent to an activating group) is 1. The Kier molecular flexibility index (Phi) is 39.4. The number of carboxylic acid groups (broad SMARTS) is 1. The first-order valence-electron chi connectivity index (χ1n) is 24.2.